The minimum atomic E-state index is -1.65. The minimum absolute atomic E-state index is 0.0237. The number of methoxy groups -OCH3 is 2. The molecule has 2 atom stereocenters. The Hall–Kier alpha value is -3.29. The van der Waals surface area contributed by atoms with Crippen molar-refractivity contribution in [2.24, 2.45) is 12.8 Å². The van der Waals surface area contributed by atoms with E-state index >= 15 is 0 Å². The molecule has 3 aromatic rings. The molecule has 0 spiro atoms. The number of nitriles is 1. The van der Waals surface area contributed by atoms with Gasteiger partial charge in [-0.1, -0.05) is 18.2 Å². The topological polar surface area (TPSA) is 133 Å². The van der Waals surface area contributed by atoms with Gasteiger partial charge in [0, 0.05) is 32.2 Å². The fourth-order valence-electron chi connectivity index (χ4n) is 4.46. The highest BCUT2D eigenvalue weighted by molar-refractivity contribution is 5.85. The van der Waals surface area contributed by atoms with Crippen LogP contribution in [0, 0.1) is 11.3 Å². The lowest BCUT2D eigenvalue weighted by Gasteiger charge is -2.50. The third kappa shape index (κ3) is 3.08. The first-order chi connectivity index (χ1) is 15.3. The van der Waals surface area contributed by atoms with Crippen molar-refractivity contribution in [3.8, 4) is 11.8 Å². The molecule has 0 aliphatic carbocycles. The highest BCUT2D eigenvalue weighted by atomic mass is 16.6. The Balaban J connectivity index is 2.12. The van der Waals surface area contributed by atoms with Crippen molar-refractivity contribution in [2.75, 3.05) is 27.4 Å². The summed E-state index contributed by atoms with van der Waals surface area (Å²) in [4.78, 5) is 12.7. The summed E-state index contributed by atoms with van der Waals surface area (Å²) >= 11 is 0. The fourth-order valence-corrected chi connectivity index (χ4v) is 4.46. The zero-order valence-electron chi connectivity index (χ0n) is 18.0. The number of nitrogens with two attached hydrogens (primary N) is 1. The van der Waals surface area contributed by atoms with E-state index in [1.807, 2.05) is 0 Å². The Bertz CT molecular complexity index is 1280. The monoisotopic (exact) mass is 436 g/mol. The van der Waals surface area contributed by atoms with Crippen LogP contribution in [0.2, 0.25) is 0 Å². The van der Waals surface area contributed by atoms with Crippen molar-refractivity contribution in [1.82, 2.24) is 9.78 Å². The second-order valence-electron chi connectivity index (χ2n) is 7.95. The molecule has 0 radical (unpaired) electrons. The predicted molar refractivity (Wildman–Crippen MR) is 116 cm³/mol. The minimum Gasteiger partial charge on any atom is -0.479 e. The number of nitrogens with zero attached hydrogens (tertiary/aromatic N) is 3. The smallest absolute Gasteiger partial charge is 0.274 e. The zero-order valence-corrected chi connectivity index (χ0v) is 18.0. The van der Waals surface area contributed by atoms with Gasteiger partial charge < -0.3 is 25.1 Å². The summed E-state index contributed by atoms with van der Waals surface area (Å²) in [7, 11) is 4.50. The Morgan fingerprint density at radius 2 is 1.88 bits per heavy atom. The second kappa shape index (κ2) is 8.00. The summed E-state index contributed by atoms with van der Waals surface area (Å²) < 4.78 is 18.2. The first kappa shape index (κ1) is 21.9. The lowest BCUT2D eigenvalue weighted by Crippen LogP contribution is -2.69. The van der Waals surface area contributed by atoms with Crippen molar-refractivity contribution in [1.29, 1.82) is 5.26 Å². The van der Waals surface area contributed by atoms with Gasteiger partial charge in [-0.2, -0.15) is 10.4 Å². The molecule has 2 heterocycles. The van der Waals surface area contributed by atoms with E-state index in [-0.39, 0.29) is 24.5 Å². The molecule has 0 unspecified atom stereocenters. The fraction of sp³-hybridized carbons (Fsp3) is 0.348. The number of hydrogen-bond acceptors (Lipinski definition) is 8. The maximum absolute atomic E-state index is 12.7. The van der Waals surface area contributed by atoms with Gasteiger partial charge in [0.05, 0.1) is 35.9 Å². The van der Waals surface area contributed by atoms with Crippen LogP contribution in [-0.2, 0) is 22.1 Å². The van der Waals surface area contributed by atoms with Crippen LogP contribution in [0.25, 0.3) is 10.8 Å². The summed E-state index contributed by atoms with van der Waals surface area (Å²) in [5.41, 5.74) is 4.74. The van der Waals surface area contributed by atoms with Crippen molar-refractivity contribution < 1.29 is 19.3 Å². The van der Waals surface area contributed by atoms with Gasteiger partial charge in [-0.15, -0.1) is 0 Å². The molecule has 1 aliphatic heterocycles. The van der Waals surface area contributed by atoms with Gasteiger partial charge in [-0.05, 0) is 24.3 Å². The molecule has 9 heteroatoms. The standard InChI is InChI=1S/C23H24N4O5/c1-27-20(28)16-7-5-4-6-15(16)19(26-27)23(25)17-10-14(11-24)8-9-18(17)32-22(12-30-2,13-31-3)21(23)29/h4-10,21,29H,12-13,25H2,1-3H3/t21-,23-/m1/s1. The number of aromatic nitrogens is 2. The largest absolute Gasteiger partial charge is 0.479 e. The number of rotatable bonds is 5. The molecule has 166 valence electrons. The molecular formula is C23H24N4O5. The van der Waals surface area contributed by atoms with Crippen molar-refractivity contribution in [2.45, 2.75) is 17.2 Å². The molecule has 1 aromatic heterocycles. The number of benzene rings is 2. The molecule has 0 amide bonds. The van der Waals surface area contributed by atoms with Gasteiger partial charge in [0.25, 0.3) is 5.56 Å². The number of fused-ring (bicyclic) bond motifs is 2. The normalized spacial score (nSPS) is 21.6. The highest BCUT2D eigenvalue weighted by Crippen LogP contribution is 2.47. The van der Waals surface area contributed by atoms with E-state index in [0.717, 1.165) is 0 Å². The molecule has 0 bridgehead atoms. The molecule has 9 nitrogen and oxygen atoms in total. The van der Waals surface area contributed by atoms with Gasteiger partial charge >= 0.3 is 0 Å². The molecule has 0 saturated heterocycles. The SMILES string of the molecule is COCC1(COC)Oc2ccc(C#N)cc2[C@@](N)(c2nn(C)c(=O)c3ccccc23)[C@@H]1O. The van der Waals surface area contributed by atoms with E-state index in [2.05, 4.69) is 11.2 Å². The number of aryl methyl sites for hydroxylation is 1. The molecule has 0 saturated carbocycles. The van der Waals surface area contributed by atoms with E-state index in [9.17, 15) is 15.2 Å². The Morgan fingerprint density at radius 1 is 1.22 bits per heavy atom. The predicted octanol–water partition coefficient (Wildman–Crippen LogP) is 0.792. The molecule has 2 aromatic carbocycles. The van der Waals surface area contributed by atoms with Crippen LogP contribution in [-0.4, -0.2) is 54.0 Å². The first-order valence-electron chi connectivity index (χ1n) is 9.97. The van der Waals surface area contributed by atoms with Gasteiger partial charge in [-0.25, -0.2) is 4.68 Å². The molecule has 1 aliphatic rings. The van der Waals surface area contributed by atoms with Gasteiger partial charge in [0.15, 0.2) is 5.60 Å². The van der Waals surface area contributed by atoms with Crippen LogP contribution < -0.4 is 16.0 Å². The van der Waals surface area contributed by atoms with Crippen LogP contribution in [0.15, 0.2) is 47.3 Å². The Labute approximate surface area is 184 Å². The van der Waals surface area contributed by atoms with Crippen LogP contribution in [0.3, 0.4) is 0 Å². The quantitative estimate of drug-likeness (QED) is 0.600. The number of aliphatic hydroxyl groups is 1. The van der Waals surface area contributed by atoms with Crippen LogP contribution >= 0.6 is 0 Å². The molecule has 32 heavy (non-hydrogen) atoms. The molecule has 3 N–H and O–H groups in total. The molecular weight excluding hydrogens is 412 g/mol. The van der Waals surface area contributed by atoms with E-state index < -0.39 is 17.2 Å². The first-order valence-corrected chi connectivity index (χ1v) is 9.97. The second-order valence-corrected chi connectivity index (χ2v) is 7.95. The van der Waals surface area contributed by atoms with Crippen molar-refractivity contribution in [3.63, 3.8) is 0 Å². The van der Waals surface area contributed by atoms with Crippen LogP contribution in [0.1, 0.15) is 16.8 Å². The maximum atomic E-state index is 12.7. The summed E-state index contributed by atoms with van der Waals surface area (Å²) in [5, 5.41) is 26.6. The lowest BCUT2D eigenvalue weighted by atomic mass is 9.71. The summed E-state index contributed by atoms with van der Waals surface area (Å²) in [5.74, 6) is 0.366. The molecule has 4 rings (SSSR count). The van der Waals surface area contributed by atoms with Crippen molar-refractivity contribution >= 4 is 10.8 Å². The average molecular weight is 436 g/mol. The third-order valence-electron chi connectivity index (χ3n) is 5.92. The highest BCUT2D eigenvalue weighted by Gasteiger charge is 2.58. The van der Waals surface area contributed by atoms with Gasteiger partial charge in [-0.3, -0.25) is 4.79 Å². The van der Waals surface area contributed by atoms with E-state index in [1.54, 1.807) is 42.5 Å². The zero-order chi connectivity index (χ0) is 23.1. The number of aliphatic hydroxyl groups excluding tert-OH is 1. The maximum Gasteiger partial charge on any atom is 0.274 e. The van der Waals surface area contributed by atoms with Crippen molar-refractivity contribution in [3.05, 3.63) is 69.6 Å². The van der Waals surface area contributed by atoms with Gasteiger partial charge in [0.2, 0.25) is 0 Å². The number of hydrogen-bond donors (Lipinski definition) is 2. The van der Waals surface area contributed by atoms with Gasteiger partial charge in [0.1, 0.15) is 17.4 Å². The summed E-state index contributed by atoms with van der Waals surface area (Å²) in [6, 6.07) is 13.8. The summed E-state index contributed by atoms with van der Waals surface area (Å²) in [6.45, 7) is -0.0474. The van der Waals surface area contributed by atoms with Crippen LogP contribution in [0.5, 0.6) is 5.75 Å². The average Bonchev–Trinajstić information content (AvgIpc) is 2.80. The van der Waals surface area contributed by atoms with E-state index in [0.29, 0.717) is 27.6 Å². The molecule has 0 fully saturated rings. The van der Waals surface area contributed by atoms with E-state index in [1.165, 1.54) is 25.9 Å². The van der Waals surface area contributed by atoms with E-state index in [4.69, 9.17) is 19.9 Å². The summed E-state index contributed by atoms with van der Waals surface area (Å²) in [6.07, 6.45) is -1.40. The lowest BCUT2D eigenvalue weighted by molar-refractivity contribution is -0.157. The Kier molecular flexibility index (Phi) is 5.48. The number of ether oxygens (including phenoxy) is 3. The Morgan fingerprint density at radius 3 is 2.50 bits per heavy atom. The van der Waals surface area contributed by atoms with Crippen LogP contribution in [0.4, 0.5) is 0 Å². The third-order valence-corrected chi connectivity index (χ3v) is 5.92.